The highest BCUT2D eigenvalue weighted by Gasteiger charge is 2.35. The second-order valence-electron chi connectivity index (χ2n) is 6.14. The monoisotopic (exact) mass is 368 g/mol. The Labute approximate surface area is 155 Å². The number of furan rings is 1. The summed E-state index contributed by atoms with van der Waals surface area (Å²) in [5, 5.41) is 11.4. The molecule has 1 aromatic carbocycles. The highest BCUT2D eigenvalue weighted by atomic mass is 32.2. The van der Waals surface area contributed by atoms with Crippen LogP contribution in [0.1, 0.15) is 38.1 Å². The summed E-state index contributed by atoms with van der Waals surface area (Å²) in [7, 11) is 0. The third-order valence-electron chi connectivity index (χ3n) is 4.30. The molecule has 26 heavy (non-hydrogen) atoms. The van der Waals surface area contributed by atoms with E-state index in [2.05, 4.69) is 17.3 Å². The lowest BCUT2D eigenvalue weighted by atomic mass is 10.1. The van der Waals surface area contributed by atoms with Crippen LogP contribution in [0.2, 0.25) is 0 Å². The molecule has 134 valence electrons. The van der Waals surface area contributed by atoms with Gasteiger partial charge in [0, 0.05) is 11.0 Å². The first-order valence-corrected chi connectivity index (χ1v) is 9.79. The lowest BCUT2D eigenvalue weighted by molar-refractivity contribution is -0.116. The summed E-state index contributed by atoms with van der Waals surface area (Å²) in [4.78, 5) is 17.6. The molecule has 2 aliphatic heterocycles. The Bertz CT molecular complexity index is 952. The predicted molar refractivity (Wildman–Crippen MR) is 101 cm³/mol. The highest BCUT2D eigenvalue weighted by molar-refractivity contribution is 8.13. The van der Waals surface area contributed by atoms with Crippen LogP contribution in [0.3, 0.4) is 0 Å². The Morgan fingerprint density at radius 2 is 2.12 bits per heavy atom. The Balaban J connectivity index is 1.75. The van der Waals surface area contributed by atoms with Gasteiger partial charge in [-0.25, -0.2) is 10.0 Å². The van der Waals surface area contributed by atoms with Gasteiger partial charge in [-0.1, -0.05) is 49.7 Å². The molecular formula is C19H20N4O2S. The van der Waals surface area contributed by atoms with E-state index in [0.29, 0.717) is 16.6 Å². The number of thioether (sulfide) groups is 1. The van der Waals surface area contributed by atoms with E-state index < -0.39 is 6.17 Å². The van der Waals surface area contributed by atoms with Crippen LogP contribution in [0, 0.1) is 0 Å². The minimum Gasteiger partial charge on any atom is -0.465 e. The molecule has 0 fully saturated rings. The van der Waals surface area contributed by atoms with Crippen molar-refractivity contribution in [1.29, 1.82) is 0 Å². The Morgan fingerprint density at radius 3 is 2.92 bits per heavy atom. The fourth-order valence-corrected chi connectivity index (χ4v) is 3.89. The van der Waals surface area contributed by atoms with Gasteiger partial charge in [0.2, 0.25) is 6.17 Å². The molecule has 0 aliphatic carbocycles. The number of hydrogen-bond donors (Lipinski definition) is 1. The van der Waals surface area contributed by atoms with Crippen molar-refractivity contribution in [3.05, 3.63) is 59.0 Å². The standard InChI is InChI=1S/C19H20N4O2S/c1-2-3-6-12-26-19-21-18(24)16-13-8-4-5-9-14(13)20-17(23(16)22-19)15-10-7-11-25-15/h4-5,7-11,17H,2-3,6,12H2,1H3,(H,21,22,24)/t17-/m1/s1. The van der Waals surface area contributed by atoms with Crippen LogP contribution >= 0.6 is 11.8 Å². The van der Waals surface area contributed by atoms with Gasteiger partial charge in [-0.15, -0.1) is 5.10 Å². The highest BCUT2D eigenvalue weighted by Crippen LogP contribution is 2.30. The minimum absolute atomic E-state index is 0.156. The van der Waals surface area contributed by atoms with Gasteiger partial charge in [0.25, 0.3) is 5.91 Å². The zero-order valence-electron chi connectivity index (χ0n) is 14.5. The van der Waals surface area contributed by atoms with Gasteiger partial charge in [-0.3, -0.25) is 10.1 Å². The number of carbonyl (C=O) groups is 1. The van der Waals surface area contributed by atoms with E-state index in [0.717, 1.165) is 22.7 Å². The van der Waals surface area contributed by atoms with E-state index >= 15 is 0 Å². The summed E-state index contributed by atoms with van der Waals surface area (Å²) in [6.07, 6.45) is 4.57. The van der Waals surface area contributed by atoms with Crippen molar-refractivity contribution < 1.29 is 9.21 Å². The summed E-state index contributed by atoms with van der Waals surface area (Å²) in [6, 6.07) is 11.3. The average Bonchev–Trinajstić information content (AvgIpc) is 3.19. The molecule has 1 atom stereocenters. The molecule has 0 bridgehead atoms. The van der Waals surface area contributed by atoms with Crippen molar-refractivity contribution in [3.8, 4) is 0 Å². The fraction of sp³-hybridized carbons (Fsp3) is 0.316. The number of fused-ring (bicyclic) bond motifs is 2. The van der Waals surface area contributed by atoms with Crippen LogP contribution in [0.5, 0.6) is 0 Å². The summed E-state index contributed by atoms with van der Waals surface area (Å²) < 4.78 is 5.56. The van der Waals surface area contributed by atoms with Crippen LogP contribution in [-0.4, -0.2) is 21.8 Å². The molecule has 1 amide bonds. The Morgan fingerprint density at radius 1 is 1.23 bits per heavy atom. The molecule has 3 heterocycles. The quantitative estimate of drug-likeness (QED) is 0.823. The molecule has 2 aliphatic rings. The molecule has 6 nitrogen and oxygen atoms in total. The van der Waals surface area contributed by atoms with Crippen molar-refractivity contribution in [1.82, 2.24) is 10.3 Å². The summed E-state index contributed by atoms with van der Waals surface area (Å²) in [5.74, 6) is 1.43. The molecule has 0 saturated carbocycles. The van der Waals surface area contributed by atoms with Gasteiger partial charge in [0.05, 0.1) is 11.6 Å². The van der Waals surface area contributed by atoms with Gasteiger partial charge in [-0.05, 0) is 24.6 Å². The molecule has 7 heteroatoms. The smallest absolute Gasteiger partial charge is 0.276 e. The average molecular weight is 368 g/mol. The molecule has 0 saturated heterocycles. The van der Waals surface area contributed by atoms with Gasteiger partial charge < -0.3 is 4.42 Å². The number of amidine groups is 1. The van der Waals surface area contributed by atoms with E-state index in [1.165, 1.54) is 12.8 Å². The third-order valence-corrected chi connectivity index (χ3v) is 5.25. The van der Waals surface area contributed by atoms with Gasteiger partial charge >= 0.3 is 0 Å². The topological polar surface area (TPSA) is 70.2 Å². The maximum atomic E-state index is 12.8. The number of amides is 1. The lowest BCUT2D eigenvalue weighted by Gasteiger charge is -2.32. The largest absolute Gasteiger partial charge is 0.465 e. The van der Waals surface area contributed by atoms with E-state index in [-0.39, 0.29) is 5.91 Å². The van der Waals surface area contributed by atoms with E-state index in [1.54, 1.807) is 23.0 Å². The van der Waals surface area contributed by atoms with Crippen molar-refractivity contribution in [2.24, 2.45) is 10.1 Å². The van der Waals surface area contributed by atoms with Gasteiger partial charge in [0.1, 0.15) is 11.5 Å². The molecular weight excluding hydrogens is 348 g/mol. The van der Waals surface area contributed by atoms with E-state index in [4.69, 9.17) is 9.41 Å². The number of benzene rings is 1. The zero-order valence-corrected chi connectivity index (χ0v) is 15.3. The SMILES string of the molecule is CCCCCSC1=NN2C(=c3ccccc3=N[C@H]2c2ccco2)C(=O)N1. The van der Waals surface area contributed by atoms with Crippen molar-refractivity contribution in [3.63, 3.8) is 0 Å². The second kappa shape index (κ2) is 7.37. The number of unbranched alkanes of at least 4 members (excludes halogenated alkanes) is 2. The number of hydrogen-bond acceptors (Lipinski definition) is 6. The molecule has 1 N–H and O–H groups in total. The number of nitrogens with zero attached hydrogens (tertiary/aromatic N) is 3. The number of carbonyl (C=O) groups excluding carboxylic acids is 1. The third kappa shape index (κ3) is 3.14. The van der Waals surface area contributed by atoms with Crippen molar-refractivity contribution >= 4 is 28.5 Å². The number of nitrogens with one attached hydrogen (secondary N) is 1. The Hall–Kier alpha value is -2.54. The number of para-hydroxylation sites is 1. The van der Waals surface area contributed by atoms with Crippen LogP contribution in [0.15, 0.2) is 57.2 Å². The van der Waals surface area contributed by atoms with Gasteiger partial charge in [-0.2, -0.15) is 0 Å². The molecule has 4 rings (SSSR count). The number of hydrazone groups is 1. The molecule has 1 aromatic heterocycles. The summed E-state index contributed by atoms with van der Waals surface area (Å²) in [5.41, 5.74) is 0.509. The van der Waals surface area contributed by atoms with Crippen LogP contribution in [0.25, 0.3) is 5.70 Å². The van der Waals surface area contributed by atoms with Gasteiger partial charge in [0.15, 0.2) is 5.17 Å². The minimum atomic E-state index is -0.479. The summed E-state index contributed by atoms with van der Waals surface area (Å²) in [6.45, 7) is 2.17. The van der Waals surface area contributed by atoms with Crippen molar-refractivity contribution in [2.45, 2.75) is 32.4 Å². The molecule has 2 aromatic rings. The first kappa shape index (κ1) is 16.9. The van der Waals surface area contributed by atoms with E-state index in [1.807, 2.05) is 36.4 Å². The first-order chi connectivity index (χ1) is 12.8. The lowest BCUT2D eigenvalue weighted by Crippen LogP contribution is -2.50. The summed E-state index contributed by atoms with van der Waals surface area (Å²) >= 11 is 1.57. The normalized spacial score (nSPS) is 18.6. The van der Waals surface area contributed by atoms with Crippen LogP contribution in [0.4, 0.5) is 0 Å². The maximum Gasteiger partial charge on any atom is 0.276 e. The zero-order chi connectivity index (χ0) is 17.9. The molecule has 0 spiro atoms. The second-order valence-corrected chi connectivity index (χ2v) is 7.23. The first-order valence-electron chi connectivity index (χ1n) is 8.80. The maximum absolute atomic E-state index is 12.8. The molecule has 0 radical (unpaired) electrons. The van der Waals surface area contributed by atoms with Crippen molar-refractivity contribution in [2.75, 3.05) is 5.75 Å². The molecule has 0 unspecified atom stereocenters. The number of rotatable bonds is 5. The predicted octanol–water partition coefficient (Wildman–Crippen LogP) is 2.35. The van der Waals surface area contributed by atoms with Crippen LogP contribution in [-0.2, 0) is 4.79 Å². The Kier molecular flexibility index (Phi) is 4.79. The van der Waals surface area contributed by atoms with Crippen LogP contribution < -0.4 is 15.9 Å². The van der Waals surface area contributed by atoms with E-state index in [9.17, 15) is 4.79 Å². The fourth-order valence-electron chi connectivity index (χ4n) is 3.04.